The van der Waals surface area contributed by atoms with Gasteiger partial charge in [0.1, 0.15) is 0 Å². The molecule has 2 aromatic rings. The highest BCUT2D eigenvalue weighted by atomic mass is 79.9. The summed E-state index contributed by atoms with van der Waals surface area (Å²) < 4.78 is 1.05. The molecule has 0 amide bonds. The molecule has 0 fully saturated rings. The van der Waals surface area contributed by atoms with E-state index in [2.05, 4.69) is 31.5 Å². The van der Waals surface area contributed by atoms with Crippen LogP contribution in [-0.2, 0) is 0 Å². The van der Waals surface area contributed by atoms with Crippen molar-refractivity contribution >= 4 is 38.9 Å². The largest absolute Gasteiger partial charge is 0.154 e. The zero-order valence-corrected chi connectivity index (χ0v) is 11.4. The first kappa shape index (κ1) is 11.0. The minimum atomic E-state index is 0.475. The van der Waals surface area contributed by atoms with Crippen molar-refractivity contribution in [3.63, 3.8) is 0 Å². The zero-order valence-electron chi connectivity index (χ0n) is 8.21. The standard InChI is InChI=1S/C10H8BrClN2S/c1-5-6(2)10(12)14-13-9(5)7-3-15-4-8(7)11/h3-4H,1-2H3. The Hall–Kier alpha value is -0.450. The minimum absolute atomic E-state index is 0.475. The molecule has 0 bridgehead atoms. The Bertz CT molecular complexity index is 510. The Balaban J connectivity index is 2.65. The highest BCUT2D eigenvalue weighted by molar-refractivity contribution is 9.10. The monoisotopic (exact) mass is 302 g/mol. The molecule has 0 unspecified atom stereocenters. The van der Waals surface area contributed by atoms with Crippen molar-refractivity contribution in [3.05, 3.63) is 31.5 Å². The summed E-state index contributed by atoms with van der Waals surface area (Å²) in [6, 6.07) is 0. The van der Waals surface area contributed by atoms with Crippen molar-refractivity contribution in [2.75, 3.05) is 0 Å². The van der Waals surface area contributed by atoms with Crippen molar-refractivity contribution < 1.29 is 0 Å². The lowest BCUT2D eigenvalue weighted by molar-refractivity contribution is 1.00. The van der Waals surface area contributed by atoms with Crippen LogP contribution in [0.25, 0.3) is 11.3 Å². The fourth-order valence-corrected chi connectivity index (χ4v) is 2.93. The fraction of sp³-hybridized carbons (Fsp3) is 0.200. The smallest absolute Gasteiger partial charge is 0.151 e. The predicted octanol–water partition coefficient (Wildman–Crippen LogP) is 4.24. The Morgan fingerprint density at radius 1 is 1.20 bits per heavy atom. The van der Waals surface area contributed by atoms with Crippen molar-refractivity contribution in [2.24, 2.45) is 0 Å². The quantitative estimate of drug-likeness (QED) is 0.787. The van der Waals surface area contributed by atoms with Gasteiger partial charge in [-0.15, -0.1) is 10.2 Å². The Morgan fingerprint density at radius 3 is 2.53 bits per heavy atom. The lowest BCUT2D eigenvalue weighted by Gasteiger charge is -2.06. The van der Waals surface area contributed by atoms with E-state index in [0.29, 0.717) is 5.15 Å². The van der Waals surface area contributed by atoms with Crippen LogP contribution in [0.5, 0.6) is 0 Å². The number of nitrogens with zero attached hydrogens (tertiary/aromatic N) is 2. The van der Waals surface area contributed by atoms with E-state index in [-0.39, 0.29) is 0 Å². The van der Waals surface area contributed by atoms with Crippen molar-refractivity contribution in [3.8, 4) is 11.3 Å². The van der Waals surface area contributed by atoms with Crippen LogP contribution in [0.1, 0.15) is 11.1 Å². The number of thiophene rings is 1. The van der Waals surface area contributed by atoms with Gasteiger partial charge in [0.2, 0.25) is 0 Å². The minimum Gasteiger partial charge on any atom is -0.151 e. The second-order valence-corrected chi connectivity index (χ2v) is 5.18. The highest BCUT2D eigenvalue weighted by Crippen LogP contribution is 2.33. The molecule has 2 rings (SSSR count). The van der Waals surface area contributed by atoms with Gasteiger partial charge in [0, 0.05) is 20.8 Å². The molecule has 0 aliphatic carbocycles. The van der Waals surface area contributed by atoms with Crippen LogP contribution in [0.15, 0.2) is 15.2 Å². The van der Waals surface area contributed by atoms with E-state index >= 15 is 0 Å². The van der Waals surface area contributed by atoms with Crippen LogP contribution in [0.2, 0.25) is 5.15 Å². The van der Waals surface area contributed by atoms with E-state index in [0.717, 1.165) is 26.9 Å². The van der Waals surface area contributed by atoms with Crippen LogP contribution in [-0.4, -0.2) is 10.2 Å². The third kappa shape index (κ3) is 1.94. The molecule has 2 heterocycles. The average molecular weight is 304 g/mol. The summed E-state index contributed by atoms with van der Waals surface area (Å²) in [5.74, 6) is 0. The van der Waals surface area contributed by atoms with Gasteiger partial charge in [-0.05, 0) is 40.9 Å². The molecule has 0 saturated carbocycles. The first-order valence-corrected chi connectivity index (χ1v) is 6.44. The molecule has 2 nitrogen and oxygen atoms in total. The zero-order chi connectivity index (χ0) is 11.0. The summed E-state index contributed by atoms with van der Waals surface area (Å²) in [5, 5.41) is 12.6. The number of hydrogen-bond donors (Lipinski definition) is 0. The molecule has 78 valence electrons. The fourth-order valence-electron chi connectivity index (χ4n) is 1.28. The van der Waals surface area contributed by atoms with Crippen molar-refractivity contribution in [2.45, 2.75) is 13.8 Å². The normalized spacial score (nSPS) is 10.7. The SMILES string of the molecule is Cc1c(Cl)nnc(-c2cscc2Br)c1C. The van der Waals surface area contributed by atoms with E-state index in [1.165, 1.54) is 0 Å². The van der Waals surface area contributed by atoms with E-state index in [9.17, 15) is 0 Å². The van der Waals surface area contributed by atoms with E-state index in [1.807, 2.05) is 19.2 Å². The van der Waals surface area contributed by atoms with Crippen LogP contribution >= 0.6 is 38.9 Å². The molecular weight excluding hydrogens is 296 g/mol. The summed E-state index contributed by atoms with van der Waals surface area (Å²) in [6.45, 7) is 3.96. The van der Waals surface area contributed by atoms with Gasteiger partial charge in [0.15, 0.2) is 5.15 Å². The van der Waals surface area contributed by atoms with Gasteiger partial charge in [0.25, 0.3) is 0 Å². The molecule has 2 aromatic heterocycles. The number of aromatic nitrogens is 2. The molecule has 0 spiro atoms. The van der Waals surface area contributed by atoms with E-state index < -0.39 is 0 Å². The van der Waals surface area contributed by atoms with Gasteiger partial charge in [-0.1, -0.05) is 11.6 Å². The molecule has 0 aliphatic rings. The maximum atomic E-state index is 5.90. The topological polar surface area (TPSA) is 25.8 Å². The second-order valence-electron chi connectivity index (χ2n) is 3.22. The van der Waals surface area contributed by atoms with Crippen LogP contribution in [0, 0.1) is 13.8 Å². The Kier molecular flexibility index (Phi) is 3.09. The van der Waals surface area contributed by atoms with Gasteiger partial charge in [-0.25, -0.2) is 0 Å². The molecular formula is C10H8BrClN2S. The summed E-state index contributed by atoms with van der Waals surface area (Å²) >= 11 is 11.0. The molecule has 0 aromatic carbocycles. The molecule has 0 saturated heterocycles. The predicted molar refractivity (Wildman–Crippen MR) is 67.5 cm³/mol. The third-order valence-corrected chi connectivity index (χ3v) is 4.40. The van der Waals surface area contributed by atoms with Gasteiger partial charge in [0.05, 0.1) is 5.69 Å². The van der Waals surface area contributed by atoms with E-state index in [4.69, 9.17) is 11.6 Å². The number of hydrogen-bond acceptors (Lipinski definition) is 3. The first-order valence-electron chi connectivity index (χ1n) is 4.32. The molecule has 0 N–H and O–H groups in total. The maximum Gasteiger partial charge on any atom is 0.154 e. The molecule has 0 aliphatic heterocycles. The Morgan fingerprint density at radius 2 is 1.93 bits per heavy atom. The number of halogens is 2. The van der Waals surface area contributed by atoms with Gasteiger partial charge < -0.3 is 0 Å². The highest BCUT2D eigenvalue weighted by Gasteiger charge is 2.12. The van der Waals surface area contributed by atoms with Gasteiger partial charge in [-0.2, -0.15) is 11.3 Å². The van der Waals surface area contributed by atoms with Gasteiger partial charge >= 0.3 is 0 Å². The van der Waals surface area contributed by atoms with Crippen LogP contribution in [0.3, 0.4) is 0 Å². The Labute approximate surface area is 105 Å². The number of rotatable bonds is 1. The van der Waals surface area contributed by atoms with E-state index in [1.54, 1.807) is 11.3 Å². The third-order valence-electron chi connectivity index (χ3n) is 2.33. The molecule has 15 heavy (non-hydrogen) atoms. The second kappa shape index (κ2) is 4.20. The van der Waals surface area contributed by atoms with Crippen molar-refractivity contribution in [1.82, 2.24) is 10.2 Å². The summed E-state index contributed by atoms with van der Waals surface area (Å²) in [6.07, 6.45) is 0. The van der Waals surface area contributed by atoms with Crippen LogP contribution in [0.4, 0.5) is 0 Å². The average Bonchev–Trinajstić information content (AvgIpc) is 2.62. The molecule has 0 radical (unpaired) electrons. The summed E-state index contributed by atoms with van der Waals surface area (Å²) in [4.78, 5) is 0. The summed E-state index contributed by atoms with van der Waals surface area (Å²) in [7, 11) is 0. The van der Waals surface area contributed by atoms with Crippen molar-refractivity contribution in [1.29, 1.82) is 0 Å². The molecule has 0 atom stereocenters. The lowest BCUT2D eigenvalue weighted by Crippen LogP contribution is -1.96. The summed E-state index contributed by atoms with van der Waals surface area (Å²) in [5.41, 5.74) is 4.03. The lowest BCUT2D eigenvalue weighted by atomic mass is 10.1. The van der Waals surface area contributed by atoms with Gasteiger partial charge in [-0.3, -0.25) is 0 Å². The first-order chi connectivity index (χ1) is 7.11. The maximum absolute atomic E-state index is 5.90. The van der Waals surface area contributed by atoms with Crippen LogP contribution < -0.4 is 0 Å². The molecule has 5 heteroatoms.